The highest BCUT2D eigenvalue weighted by atomic mass is 32.2. The average molecular weight is 1020 g/mol. The van der Waals surface area contributed by atoms with E-state index in [9.17, 15) is 28.4 Å². The van der Waals surface area contributed by atoms with E-state index < -0.39 is 37.0 Å². The first-order valence-corrected chi connectivity index (χ1v) is 28.2. The smallest absolute Gasteiger partial charge is 0.297 e. The van der Waals surface area contributed by atoms with E-state index in [0.29, 0.717) is 49.3 Å². The van der Waals surface area contributed by atoms with Crippen LogP contribution in [0.1, 0.15) is 151 Å². The highest BCUT2D eigenvalue weighted by Crippen LogP contribution is 2.55. The van der Waals surface area contributed by atoms with Crippen LogP contribution in [-0.2, 0) is 10.0 Å². The molecular weight excluding hydrogens is 947 g/mol. The summed E-state index contributed by atoms with van der Waals surface area (Å²) in [5, 5.41) is 27.1. The zero-order valence-electron chi connectivity index (χ0n) is 42.2. The van der Waals surface area contributed by atoms with Gasteiger partial charge in [-0.2, -0.15) is 4.98 Å². The standard InChI is InChI=1S/C56H69N7O9S/c1-35(2)42-12-7-8-13-43(42)46-14-9-25-62(46)39-32-56(33-39)22-26-61(27-23-56)38-15-16-44(48(29-38)72-50-28-37-19-24-57-52(37)59-54(50)71-40-10-5-4-6-11-40)53(64)60-73(68,69)41-30-47(63(66)67)51-49(31-41)70-34-45(58-51)36-17-20-55(3,65)21-18-36/h7-8,12-13,15-16,19,24,28-31,35-36,39-40,45-46,58,65H,4-6,9-11,14,17-18,20-23,25-27,32-34H2,1-3H3,(H,57,59)(H,60,64)/t36-,45-,46+,55-/m1/s1. The highest BCUT2D eigenvalue weighted by molar-refractivity contribution is 7.90. The topological polar surface area (TPSA) is 201 Å². The van der Waals surface area contributed by atoms with Crippen LogP contribution in [0.5, 0.6) is 23.1 Å². The maximum absolute atomic E-state index is 14.5. The number of aliphatic hydroxyl groups is 1. The lowest BCUT2D eigenvalue weighted by Gasteiger charge is -2.56. The summed E-state index contributed by atoms with van der Waals surface area (Å²) in [5.74, 6) is 0.272. The van der Waals surface area contributed by atoms with Gasteiger partial charge >= 0.3 is 0 Å². The number of carbonyl (C=O) groups is 1. The van der Waals surface area contributed by atoms with Crippen molar-refractivity contribution in [2.24, 2.45) is 11.3 Å². The first kappa shape index (κ1) is 49.3. The molecule has 3 aliphatic carbocycles. The Hall–Kier alpha value is -5.91. The van der Waals surface area contributed by atoms with Crippen LogP contribution in [0.2, 0.25) is 0 Å². The molecule has 73 heavy (non-hydrogen) atoms. The first-order valence-electron chi connectivity index (χ1n) is 26.7. The van der Waals surface area contributed by atoms with Crippen LogP contribution in [0.25, 0.3) is 11.0 Å². The van der Waals surface area contributed by atoms with Gasteiger partial charge in [0.15, 0.2) is 17.2 Å². The number of likely N-dealkylation sites (tertiary alicyclic amines) is 1. The molecule has 6 aliphatic rings. The molecule has 11 rings (SSSR count). The van der Waals surface area contributed by atoms with Gasteiger partial charge in [-0.05, 0) is 156 Å². The van der Waals surface area contributed by atoms with Crippen molar-refractivity contribution in [3.05, 3.63) is 99.7 Å². The van der Waals surface area contributed by atoms with E-state index in [2.05, 4.69) is 62.9 Å². The van der Waals surface area contributed by atoms with Gasteiger partial charge in [0.25, 0.3) is 27.5 Å². The molecule has 1 spiro atoms. The molecule has 1 amide bonds. The average Bonchev–Trinajstić information content (AvgIpc) is 4.05. The number of carbonyl (C=O) groups excluding carboxylic acids is 1. The third-order valence-corrected chi connectivity index (χ3v) is 18.5. The zero-order valence-corrected chi connectivity index (χ0v) is 43.1. The number of nitrogens with zero attached hydrogens (tertiary/aromatic N) is 4. The molecule has 2 atom stereocenters. The number of hydrogen-bond donors (Lipinski definition) is 4. The van der Waals surface area contributed by atoms with E-state index in [1.54, 1.807) is 18.3 Å². The zero-order chi connectivity index (χ0) is 50.6. The summed E-state index contributed by atoms with van der Waals surface area (Å²) in [6, 6.07) is 20.8. The Morgan fingerprint density at radius 3 is 2.45 bits per heavy atom. The van der Waals surface area contributed by atoms with Gasteiger partial charge in [0.05, 0.1) is 27.0 Å². The van der Waals surface area contributed by atoms with Crippen LogP contribution >= 0.6 is 0 Å². The number of amides is 1. The number of rotatable bonds is 13. The summed E-state index contributed by atoms with van der Waals surface area (Å²) in [7, 11) is -4.71. The summed E-state index contributed by atoms with van der Waals surface area (Å²) in [6.07, 6.45) is 16.2. The van der Waals surface area contributed by atoms with Gasteiger partial charge < -0.3 is 34.5 Å². The summed E-state index contributed by atoms with van der Waals surface area (Å²) >= 11 is 0. The molecule has 4 N–H and O–H groups in total. The molecule has 388 valence electrons. The van der Waals surface area contributed by atoms with Crippen molar-refractivity contribution in [2.45, 2.75) is 158 Å². The largest absolute Gasteiger partial charge is 0.489 e. The minimum atomic E-state index is -4.71. The molecule has 3 aromatic carbocycles. The number of hydrogen-bond acceptors (Lipinski definition) is 13. The third-order valence-electron chi connectivity index (χ3n) is 17.2. The van der Waals surface area contributed by atoms with Gasteiger partial charge in [0.2, 0.25) is 0 Å². The number of H-pyrrole nitrogens is 1. The summed E-state index contributed by atoms with van der Waals surface area (Å²) in [4.78, 5) is 38.9. The summed E-state index contributed by atoms with van der Waals surface area (Å²) < 4.78 is 49.9. The quantitative estimate of drug-likeness (QED) is 0.0642. The Kier molecular flexibility index (Phi) is 13.3. The second kappa shape index (κ2) is 19.7. The van der Waals surface area contributed by atoms with Crippen molar-refractivity contribution < 1.29 is 37.5 Å². The fraction of sp³-hybridized carbons (Fsp3) is 0.536. The fourth-order valence-corrected chi connectivity index (χ4v) is 14.0. The Bertz CT molecular complexity index is 2980. The number of nitrogens with one attached hydrogen (secondary N) is 3. The minimum absolute atomic E-state index is 0.000912. The molecule has 5 fully saturated rings. The molecule has 2 saturated heterocycles. The molecule has 3 saturated carbocycles. The summed E-state index contributed by atoms with van der Waals surface area (Å²) in [5.41, 5.74) is 3.46. The Morgan fingerprint density at radius 1 is 0.932 bits per heavy atom. The molecule has 0 unspecified atom stereocenters. The monoisotopic (exact) mass is 1020 g/mol. The molecule has 5 heterocycles. The number of piperidine rings is 1. The molecule has 3 aliphatic heterocycles. The van der Waals surface area contributed by atoms with Crippen LogP contribution < -0.4 is 29.1 Å². The molecule has 5 aromatic rings. The van der Waals surface area contributed by atoms with Crippen molar-refractivity contribution in [3.63, 3.8) is 0 Å². The van der Waals surface area contributed by atoms with Gasteiger partial charge in [0.1, 0.15) is 24.1 Å². The number of benzene rings is 3. The van der Waals surface area contributed by atoms with Gasteiger partial charge in [0, 0.05) is 60.6 Å². The Labute approximate surface area is 427 Å². The number of ether oxygens (including phenoxy) is 3. The van der Waals surface area contributed by atoms with Crippen molar-refractivity contribution in [1.29, 1.82) is 0 Å². The second-order valence-corrected chi connectivity index (χ2v) is 24.2. The van der Waals surface area contributed by atoms with Crippen molar-refractivity contribution >= 4 is 44.0 Å². The minimum Gasteiger partial charge on any atom is -0.489 e. The third kappa shape index (κ3) is 10.1. The molecular formula is C56H69N7O9S. The van der Waals surface area contributed by atoms with Crippen molar-refractivity contribution in [2.75, 3.05) is 36.5 Å². The van der Waals surface area contributed by atoms with E-state index in [0.717, 1.165) is 81.7 Å². The molecule has 16 nitrogen and oxygen atoms in total. The van der Waals surface area contributed by atoms with Gasteiger partial charge in [-0.15, -0.1) is 0 Å². The van der Waals surface area contributed by atoms with Crippen LogP contribution in [-0.4, -0.2) is 89.3 Å². The molecule has 2 aromatic heterocycles. The number of pyridine rings is 1. The van der Waals surface area contributed by atoms with Crippen LogP contribution in [0.4, 0.5) is 17.1 Å². The SMILES string of the molecule is CC(C)c1ccccc1[C@@H]1CCCN1C1CC2(CCN(c3ccc(C(=O)NS(=O)(=O)c4cc5c(c([N+](=O)[O-])c4)N[C@@H]([C@H]4CC[C@](C)(O)CC4)CO5)c(Oc4cc5cc[nH]c5nc4OC4CCCCC4)c3)CC2)C1. The number of anilines is 2. The number of nitro benzene ring substituents is 1. The van der Waals surface area contributed by atoms with Gasteiger partial charge in [-0.25, -0.2) is 13.1 Å². The van der Waals surface area contributed by atoms with E-state index in [4.69, 9.17) is 19.2 Å². The van der Waals surface area contributed by atoms with E-state index in [1.165, 1.54) is 42.9 Å². The molecule has 0 bridgehead atoms. The number of aromatic nitrogens is 2. The van der Waals surface area contributed by atoms with Crippen molar-refractivity contribution in [1.82, 2.24) is 19.6 Å². The maximum Gasteiger partial charge on any atom is 0.297 e. The van der Waals surface area contributed by atoms with Crippen LogP contribution in [0.3, 0.4) is 0 Å². The highest BCUT2D eigenvalue weighted by Gasteiger charge is 2.50. The van der Waals surface area contributed by atoms with Crippen molar-refractivity contribution in [3.8, 4) is 23.1 Å². The van der Waals surface area contributed by atoms with Gasteiger partial charge in [-0.3, -0.25) is 19.8 Å². The van der Waals surface area contributed by atoms with Gasteiger partial charge in [-0.1, -0.05) is 44.5 Å². The maximum atomic E-state index is 14.5. The van der Waals surface area contributed by atoms with E-state index in [-0.39, 0.29) is 64.5 Å². The number of aromatic amines is 1. The number of fused-ring (bicyclic) bond motifs is 2. The lowest BCUT2D eigenvalue weighted by Crippen LogP contribution is -2.54. The lowest BCUT2D eigenvalue weighted by molar-refractivity contribution is -0.384. The Morgan fingerprint density at radius 2 is 1.70 bits per heavy atom. The van der Waals surface area contributed by atoms with Crippen LogP contribution in [0.15, 0.2) is 77.8 Å². The summed E-state index contributed by atoms with van der Waals surface area (Å²) in [6.45, 7) is 9.32. The fourth-order valence-electron chi connectivity index (χ4n) is 13.0. The van der Waals surface area contributed by atoms with Crippen LogP contribution in [0, 0.1) is 21.4 Å². The number of nitro groups is 1. The first-order chi connectivity index (χ1) is 35.1. The predicted octanol–water partition coefficient (Wildman–Crippen LogP) is 10.9. The Balaban J connectivity index is 0.845. The predicted molar refractivity (Wildman–Crippen MR) is 279 cm³/mol. The second-order valence-electron chi connectivity index (χ2n) is 22.5. The van der Waals surface area contributed by atoms with E-state index >= 15 is 0 Å². The van der Waals surface area contributed by atoms with E-state index in [1.807, 2.05) is 25.1 Å². The molecule has 17 heteroatoms. The molecule has 0 radical (unpaired) electrons. The number of sulfonamides is 1. The normalized spacial score (nSPS) is 24.7. The lowest BCUT2D eigenvalue weighted by atomic mass is 9.59.